The summed E-state index contributed by atoms with van der Waals surface area (Å²) in [4.78, 5) is 22.0. The number of carbonyl (C=O) groups is 1. The van der Waals surface area contributed by atoms with Gasteiger partial charge in [0.2, 0.25) is 11.9 Å². The summed E-state index contributed by atoms with van der Waals surface area (Å²) in [7, 11) is 3.74. The van der Waals surface area contributed by atoms with Crippen LogP contribution in [0.3, 0.4) is 0 Å². The number of amides is 1. The summed E-state index contributed by atoms with van der Waals surface area (Å²) in [6.07, 6.45) is 5.47. The molecule has 0 atom stereocenters. The number of nitrogens with one attached hydrogen (secondary N) is 1. The van der Waals surface area contributed by atoms with Gasteiger partial charge in [-0.25, -0.2) is 9.97 Å². The molecule has 0 unspecified atom stereocenters. The van der Waals surface area contributed by atoms with E-state index in [1.54, 1.807) is 12.4 Å². The van der Waals surface area contributed by atoms with E-state index in [9.17, 15) is 4.79 Å². The quantitative estimate of drug-likeness (QED) is 0.885. The maximum atomic E-state index is 11.8. The smallest absolute Gasteiger partial charge is 0.224 e. The lowest BCUT2D eigenvalue weighted by atomic mass is 10.1. The number of rotatable bonds is 6. The Labute approximate surface area is 125 Å². The average Bonchev–Trinajstić information content (AvgIpc) is 2.49. The Bertz CT molecular complexity index is 567. The molecule has 1 N–H and O–H groups in total. The second-order valence-electron chi connectivity index (χ2n) is 5.05. The normalized spacial score (nSPS) is 10.2. The van der Waals surface area contributed by atoms with Crippen LogP contribution in [0.2, 0.25) is 0 Å². The number of hydrogen-bond donors (Lipinski definition) is 1. The predicted molar refractivity (Wildman–Crippen MR) is 84.4 cm³/mol. The van der Waals surface area contributed by atoms with Crippen LogP contribution in [0.5, 0.6) is 0 Å². The summed E-state index contributed by atoms with van der Waals surface area (Å²) in [5.74, 6) is 0.615. The molecule has 1 aromatic heterocycles. The third kappa shape index (κ3) is 4.87. The van der Waals surface area contributed by atoms with Gasteiger partial charge in [0.1, 0.15) is 0 Å². The second-order valence-corrected chi connectivity index (χ2v) is 5.05. The van der Waals surface area contributed by atoms with E-state index in [-0.39, 0.29) is 5.91 Å². The molecule has 0 radical (unpaired) electrons. The van der Waals surface area contributed by atoms with Crippen molar-refractivity contribution < 1.29 is 4.79 Å². The number of aromatic nitrogens is 2. The van der Waals surface area contributed by atoms with Crippen LogP contribution in [0, 0.1) is 0 Å². The molecule has 0 aliphatic carbocycles. The van der Waals surface area contributed by atoms with E-state index in [1.807, 2.05) is 37.2 Å². The van der Waals surface area contributed by atoms with Crippen molar-refractivity contribution in [3.8, 4) is 0 Å². The molecule has 1 aromatic carbocycles. The summed E-state index contributed by atoms with van der Waals surface area (Å²) >= 11 is 0. The van der Waals surface area contributed by atoms with Gasteiger partial charge in [0.05, 0.1) is 18.1 Å². The Balaban J connectivity index is 1.76. The predicted octanol–water partition coefficient (Wildman–Crippen LogP) is 2.50. The zero-order valence-electron chi connectivity index (χ0n) is 12.4. The zero-order chi connectivity index (χ0) is 15.1. The van der Waals surface area contributed by atoms with Crippen LogP contribution in [0.15, 0.2) is 42.7 Å². The molecule has 2 rings (SSSR count). The van der Waals surface area contributed by atoms with Crippen LogP contribution in [0.25, 0.3) is 0 Å². The molecule has 0 spiro atoms. The molecule has 21 heavy (non-hydrogen) atoms. The van der Waals surface area contributed by atoms with E-state index in [2.05, 4.69) is 27.4 Å². The molecule has 1 amide bonds. The fourth-order valence-corrected chi connectivity index (χ4v) is 1.94. The lowest BCUT2D eigenvalue weighted by Crippen LogP contribution is -2.15. The van der Waals surface area contributed by atoms with Gasteiger partial charge < -0.3 is 10.2 Å². The van der Waals surface area contributed by atoms with E-state index in [4.69, 9.17) is 0 Å². The number of benzene rings is 1. The summed E-state index contributed by atoms with van der Waals surface area (Å²) in [5.41, 5.74) is 1.88. The highest BCUT2D eigenvalue weighted by Gasteiger charge is 2.04. The van der Waals surface area contributed by atoms with Gasteiger partial charge in [0.15, 0.2) is 0 Å². The van der Waals surface area contributed by atoms with Gasteiger partial charge >= 0.3 is 0 Å². The fourth-order valence-electron chi connectivity index (χ4n) is 1.94. The topological polar surface area (TPSA) is 58.1 Å². The van der Waals surface area contributed by atoms with Crippen molar-refractivity contribution in [2.24, 2.45) is 0 Å². The molecule has 0 saturated heterocycles. The molecule has 5 nitrogen and oxygen atoms in total. The first-order chi connectivity index (χ1) is 10.1. The van der Waals surface area contributed by atoms with Crippen molar-refractivity contribution in [1.29, 1.82) is 0 Å². The first-order valence-electron chi connectivity index (χ1n) is 6.98. The number of anilines is 2. The summed E-state index contributed by atoms with van der Waals surface area (Å²) in [6, 6.07) is 10.2. The molecule has 110 valence electrons. The monoisotopic (exact) mass is 284 g/mol. The Kier molecular flexibility index (Phi) is 5.26. The van der Waals surface area contributed by atoms with Crippen molar-refractivity contribution in [2.75, 3.05) is 24.3 Å². The van der Waals surface area contributed by atoms with Crippen molar-refractivity contribution in [2.45, 2.75) is 19.3 Å². The number of nitrogens with zero attached hydrogens (tertiary/aromatic N) is 3. The van der Waals surface area contributed by atoms with Crippen molar-refractivity contribution in [1.82, 2.24) is 9.97 Å². The van der Waals surface area contributed by atoms with Crippen LogP contribution in [-0.2, 0) is 11.2 Å². The highest BCUT2D eigenvalue weighted by molar-refractivity contribution is 5.90. The van der Waals surface area contributed by atoms with Crippen LogP contribution >= 0.6 is 0 Å². The van der Waals surface area contributed by atoms with Crippen molar-refractivity contribution >= 4 is 17.5 Å². The molecule has 5 heteroatoms. The highest BCUT2D eigenvalue weighted by Crippen LogP contribution is 2.09. The highest BCUT2D eigenvalue weighted by atomic mass is 16.1. The molecule has 0 aliphatic heterocycles. The van der Waals surface area contributed by atoms with E-state index in [0.29, 0.717) is 18.1 Å². The lowest BCUT2D eigenvalue weighted by Gasteiger charge is -2.10. The van der Waals surface area contributed by atoms with Crippen LogP contribution in [0.1, 0.15) is 18.4 Å². The van der Waals surface area contributed by atoms with E-state index in [1.165, 1.54) is 5.56 Å². The first-order valence-corrected chi connectivity index (χ1v) is 6.98. The number of carbonyl (C=O) groups excluding carboxylic acids is 1. The maximum absolute atomic E-state index is 11.8. The molecule has 0 saturated carbocycles. The van der Waals surface area contributed by atoms with Gasteiger partial charge in [0.25, 0.3) is 0 Å². The second kappa shape index (κ2) is 7.38. The molecular formula is C16H20N4O. The summed E-state index contributed by atoms with van der Waals surface area (Å²) < 4.78 is 0. The Hall–Kier alpha value is -2.43. The average molecular weight is 284 g/mol. The van der Waals surface area contributed by atoms with Crippen molar-refractivity contribution in [3.05, 3.63) is 48.3 Å². The lowest BCUT2D eigenvalue weighted by molar-refractivity contribution is -0.116. The third-order valence-corrected chi connectivity index (χ3v) is 3.03. The fraction of sp³-hybridized carbons (Fsp3) is 0.312. The largest absolute Gasteiger partial charge is 0.347 e. The van der Waals surface area contributed by atoms with Gasteiger partial charge in [-0.2, -0.15) is 0 Å². The summed E-state index contributed by atoms with van der Waals surface area (Å²) in [5, 5.41) is 2.81. The van der Waals surface area contributed by atoms with Gasteiger partial charge in [-0.3, -0.25) is 4.79 Å². The Morgan fingerprint density at radius 3 is 2.43 bits per heavy atom. The van der Waals surface area contributed by atoms with Crippen LogP contribution in [0.4, 0.5) is 11.6 Å². The Morgan fingerprint density at radius 1 is 1.14 bits per heavy atom. The van der Waals surface area contributed by atoms with E-state index in [0.717, 1.165) is 12.8 Å². The van der Waals surface area contributed by atoms with Crippen LogP contribution in [-0.4, -0.2) is 30.0 Å². The SMILES string of the molecule is CN(C)c1ncc(NC(=O)CCCc2ccccc2)cn1. The Morgan fingerprint density at radius 2 is 1.81 bits per heavy atom. The maximum Gasteiger partial charge on any atom is 0.224 e. The first kappa shape index (κ1) is 15.0. The molecular weight excluding hydrogens is 264 g/mol. The standard InChI is InChI=1S/C16H20N4O/c1-20(2)16-17-11-14(12-18-16)19-15(21)10-6-9-13-7-4-3-5-8-13/h3-5,7-8,11-12H,6,9-10H2,1-2H3,(H,19,21). The van der Waals surface area contributed by atoms with E-state index >= 15 is 0 Å². The number of hydrogen-bond acceptors (Lipinski definition) is 4. The number of aryl methyl sites for hydroxylation is 1. The molecule has 0 fully saturated rings. The van der Waals surface area contributed by atoms with Gasteiger partial charge in [0, 0.05) is 20.5 Å². The van der Waals surface area contributed by atoms with Crippen molar-refractivity contribution in [3.63, 3.8) is 0 Å². The van der Waals surface area contributed by atoms with E-state index < -0.39 is 0 Å². The minimum Gasteiger partial charge on any atom is -0.347 e. The van der Waals surface area contributed by atoms with Crippen LogP contribution < -0.4 is 10.2 Å². The molecule has 2 aromatic rings. The van der Waals surface area contributed by atoms with Gasteiger partial charge in [-0.1, -0.05) is 30.3 Å². The molecule has 0 aliphatic rings. The van der Waals surface area contributed by atoms with Gasteiger partial charge in [-0.05, 0) is 18.4 Å². The minimum absolute atomic E-state index is 0.00728. The molecule has 0 bridgehead atoms. The third-order valence-electron chi connectivity index (χ3n) is 3.03. The minimum atomic E-state index is -0.00728. The molecule has 1 heterocycles. The zero-order valence-corrected chi connectivity index (χ0v) is 12.4. The summed E-state index contributed by atoms with van der Waals surface area (Å²) in [6.45, 7) is 0. The van der Waals surface area contributed by atoms with Gasteiger partial charge in [-0.15, -0.1) is 0 Å².